The summed E-state index contributed by atoms with van der Waals surface area (Å²) in [4.78, 5) is 8.09. The fraction of sp³-hybridized carbons (Fsp3) is 0.200. The van der Waals surface area contributed by atoms with Gasteiger partial charge in [-0.25, -0.2) is 0 Å². The number of rotatable bonds is 5. The Morgan fingerprint density at radius 2 is 2.05 bits per heavy atom. The molecule has 2 rings (SSSR count). The summed E-state index contributed by atoms with van der Waals surface area (Å²) in [7, 11) is 1.63. The second-order valence-corrected chi connectivity index (χ2v) is 4.10. The van der Waals surface area contributed by atoms with Crippen LogP contribution < -0.4 is 4.74 Å². The fourth-order valence-corrected chi connectivity index (χ4v) is 1.65. The highest BCUT2D eigenvalue weighted by atomic mass is 16.5. The zero-order chi connectivity index (χ0) is 13.5. The highest BCUT2D eigenvalue weighted by molar-refractivity contribution is 5.51. The Morgan fingerprint density at radius 3 is 2.68 bits per heavy atom. The molecule has 2 aromatic rings. The first-order valence-electron chi connectivity index (χ1n) is 6.03. The average molecular weight is 256 g/mol. The third-order valence-corrected chi connectivity index (χ3v) is 2.66. The molecule has 0 aliphatic carbocycles. The van der Waals surface area contributed by atoms with E-state index in [0.29, 0.717) is 6.42 Å². The number of nitrogens with zero attached hydrogens (tertiary/aromatic N) is 2. The molecule has 19 heavy (non-hydrogen) atoms. The predicted octanol–water partition coefficient (Wildman–Crippen LogP) is 2.10. The number of aliphatic hydroxyl groups excluding tert-OH is 1. The van der Waals surface area contributed by atoms with Crippen LogP contribution in [0.2, 0.25) is 0 Å². The summed E-state index contributed by atoms with van der Waals surface area (Å²) in [5, 5.41) is 9.89. The van der Waals surface area contributed by atoms with E-state index in [1.807, 2.05) is 30.3 Å². The van der Waals surface area contributed by atoms with Gasteiger partial charge in [-0.2, -0.15) is 0 Å². The van der Waals surface area contributed by atoms with Crippen molar-refractivity contribution in [1.82, 2.24) is 9.97 Å². The van der Waals surface area contributed by atoms with Gasteiger partial charge in [0, 0.05) is 25.0 Å². The van der Waals surface area contributed by atoms with Crippen molar-refractivity contribution in [3.63, 3.8) is 0 Å². The lowest BCUT2D eigenvalue weighted by atomic mass is 10.1. The van der Waals surface area contributed by atoms with Crippen LogP contribution in [0.1, 0.15) is 11.3 Å². The number of benzene rings is 1. The summed E-state index contributed by atoms with van der Waals surface area (Å²) in [6, 6.07) is 7.64. The third-order valence-electron chi connectivity index (χ3n) is 2.66. The van der Waals surface area contributed by atoms with Gasteiger partial charge in [0.05, 0.1) is 18.9 Å². The molecule has 4 nitrogen and oxygen atoms in total. The number of aliphatic hydroxyl groups is 1. The van der Waals surface area contributed by atoms with Crippen LogP contribution in [0, 0.1) is 0 Å². The zero-order valence-electron chi connectivity index (χ0n) is 10.7. The minimum atomic E-state index is -0.571. The molecule has 0 aliphatic heterocycles. The van der Waals surface area contributed by atoms with E-state index in [-0.39, 0.29) is 0 Å². The average Bonchev–Trinajstić information content (AvgIpc) is 2.47. The molecular weight excluding hydrogens is 240 g/mol. The molecule has 0 fully saturated rings. The fourth-order valence-electron chi connectivity index (χ4n) is 1.65. The maximum absolute atomic E-state index is 9.89. The normalized spacial score (nSPS) is 12.5. The maximum Gasteiger partial charge on any atom is 0.118 e. The number of methoxy groups -OCH3 is 1. The standard InChI is InChI=1S/C15H16N2O2/c1-19-15-6-3-12(4-7-15)2-5-14(18)10-13-11-16-8-9-17-13/h2-9,11,14,18H,10H2,1H3. The van der Waals surface area contributed by atoms with Gasteiger partial charge in [0.25, 0.3) is 0 Å². The monoisotopic (exact) mass is 256 g/mol. The van der Waals surface area contributed by atoms with Crippen molar-refractivity contribution in [3.8, 4) is 5.75 Å². The summed E-state index contributed by atoms with van der Waals surface area (Å²) < 4.78 is 5.09. The van der Waals surface area contributed by atoms with E-state index in [1.165, 1.54) is 0 Å². The summed E-state index contributed by atoms with van der Waals surface area (Å²) in [6.07, 6.45) is 8.40. The Balaban J connectivity index is 1.94. The topological polar surface area (TPSA) is 55.2 Å². The van der Waals surface area contributed by atoms with Gasteiger partial charge in [0.15, 0.2) is 0 Å². The van der Waals surface area contributed by atoms with Gasteiger partial charge in [-0.15, -0.1) is 0 Å². The minimum absolute atomic E-state index is 0.459. The molecule has 4 heteroatoms. The lowest BCUT2D eigenvalue weighted by molar-refractivity contribution is 0.223. The van der Waals surface area contributed by atoms with Crippen LogP contribution in [0.15, 0.2) is 48.9 Å². The van der Waals surface area contributed by atoms with Crippen LogP contribution in [0.25, 0.3) is 6.08 Å². The highest BCUT2D eigenvalue weighted by Gasteiger charge is 2.02. The molecule has 1 heterocycles. The van der Waals surface area contributed by atoms with Crippen molar-refractivity contribution in [2.24, 2.45) is 0 Å². The van der Waals surface area contributed by atoms with Gasteiger partial charge >= 0.3 is 0 Å². The molecule has 0 saturated carbocycles. The van der Waals surface area contributed by atoms with Gasteiger partial charge in [-0.3, -0.25) is 9.97 Å². The van der Waals surface area contributed by atoms with Crippen molar-refractivity contribution in [2.75, 3.05) is 7.11 Å². The molecular formula is C15H16N2O2. The van der Waals surface area contributed by atoms with Crippen LogP contribution in [0.4, 0.5) is 0 Å². The number of hydrogen-bond donors (Lipinski definition) is 1. The molecule has 1 aromatic carbocycles. The lowest BCUT2D eigenvalue weighted by Gasteiger charge is -2.04. The number of hydrogen-bond acceptors (Lipinski definition) is 4. The van der Waals surface area contributed by atoms with Gasteiger partial charge in [-0.05, 0) is 17.7 Å². The maximum atomic E-state index is 9.89. The van der Waals surface area contributed by atoms with Crippen molar-refractivity contribution >= 4 is 6.08 Å². The van der Waals surface area contributed by atoms with Crippen molar-refractivity contribution in [1.29, 1.82) is 0 Å². The minimum Gasteiger partial charge on any atom is -0.497 e. The first-order chi connectivity index (χ1) is 9.28. The Hall–Kier alpha value is -2.20. The molecule has 0 aliphatic rings. The Morgan fingerprint density at radius 1 is 1.26 bits per heavy atom. The Kier molecular flexibility index (Phi) is 4.64. The van der Waals surface area contributed by atoms with Gasteiger partial charge < -0.3 is 9.84 Å². The van der Waals surface area contributed by atoms with Crippen LogP contribution in [0.3, 0.4) is 0 Å². The molecule has 1 aromatic heterocycles. The quantitative estimate of drug-likeness (QED) is 0.890. The Bertz CT molecular complexity index is 524. The molecule has 0 saturated heterocycles. The van der Waals surface area contributed by atoms with E-state index in [2.05, 4.69) is 9.97 Å². The van der Waals surface area contributed by atoms with E-state index in [0.717, 1.165) is 17.0 Å². The van der Waals surface area contributed by atoms with Crippen molar-refractivity contribution < 1.29 is 9.84 Å². The molecule has 1 unspecified atom stereocenters. The predicted molar refractivity (Wildman–Crippen MR) is 73.8 cm³/mol. The molecule has 0 amide bonds. The summed E-state index contributed by atoms with van der Waals surface area (Å²) >= 11 is 0. The smallest absolute Gasteiger partial charge is 0.118 e. The van der Waals surface area contributed by atoms with Crippen LogP contribution in [-0.4, -0.2) is 28.3 Å². The molecule has 1 atom stereocenters. The van der Waals surface area contributed by atoms with Crippen LogP contribution in [0.5, 0.6) is 5.75 Å². The van der Waals surface area contributed by atoms with Crippen molar-refractivity contribution in [2.45, 2.75) is 12.5 Å². The third kappa shape index (κ3) is 4.19. The lowest BCUT2D eigenvalue weighted by Crippen LogP contribution is -2.07. The highest BCUT2D eigenvalue weighted by Crippen LogP contribution is 2.12. The molecule has 98 valence electrons. The summed E-state index contributed by atoms with van der Waals surface area (Å²) in [5.41, 5.74) is 1.79. The van der Waals surface area contributed by atoms with Crippen LogP contribution in [-0.2, 0) is 6.42 Å². The van der Waals surface area contributed by atoms with Gasteiger partial charge in [-0.1, -0.05) is 24.3 Å². The van der Waals surface area contributed by atoms with Crippen molar-refractivity contribution in [3.05, 3.63) is 60.2 Å². The number of aromatic nitrogens is 2. The first kappa shape index (κ1) is 13.2. The second kappa shape index (κ2) is 6.66. The molecule has 0 radical (unpaired) electrons. The number of ether oxygens (including phenoxy) is 1. The summed E-state index contributed by atoms with van der Waals surface area (Å²) in [6.45, 7) is 0. The Labute approximate surface area is 112 Å². The van der Waals surface area contributed by atoms with Gasteiger partial charge in [0.1, 0.15) is 5.75 Å². The first-order valence-corrected chi connectivity index (χ1v) is 6.03. The SMILES string of the molecule is COc1ccc(C=CC(O)Cc2cnccn2)cc1. The second-order valence-electron chi connectivity index (χ2n) is 4.10. The largest absolute Gasteiger partial charge is 0.497 e. The van der Waals surface area contributed by atoms with E-state index in [4.69, 9.17) is 4.74 Å². The summed E-state index contributed by atoms with van der Waals surface area (Å²) in [5.74, 6) is 0.817. The zero-order valence-corrected chi connectivity index (χ0v) is 10.7. The van der Waals surface area contributed by atoms with E-state index < -0.39 is 6.10 Å². The molecule has 1 N–H and O–H groups in total. The molecule has 0 bridgehead atoms. The molecule has 0 spiro atoms. The van der Waals surface area contributed by atoms with E-state index >= 15 is 0 Å². The van der Waals surface area contributed by atoms with Gasteiger partial charge in [0.2, 0.25) is 0 Å². The van der Waals surface area contributed by atoms with E-state index in [1.54, 1.807) is 31.8 Å². The van der Waals surface area contributed by atoms with Crippen LogP contribution >= 0.6 is 0 Å². The van der Waals surface area contributed by atoms with E-state index in [9.17, 15) is 5.11 Å².